The number of hydrogen-bond donors (Lipinski definition) is 1. The molecule has 1 fully saturated rings. The molecular weight excluding hydrogens is 244 g/mol. The van der Waals surface area contributed by atoms with Crippen molar-refractivity contribution in [2.45, 2.75) is 31.1 Å². The van der Waals surface area contributed by atoms with Crippen molar-refractivity contribution in [1.29, 1.82) is 0 Å². The second kappa shape index (κ2) is 4.62. The van der Waals surface area contributed by atoms with Gasteiger partial charge >= 0.3 is 0 Å². The number of fused-ring (bicyclic) bond motifs is 2. The first-order valence-electron chi connectivity index (χ1n) is 7.62. The number of aryl methyl sites for hydroxylation is 1. The van der Waals surface area contributed by atoms with Crippen LogP contribution in [0.15, 0.2) is 48.7 Å². The Morgan fingerprint density at radius 3 is 2.95 bits per heavy atom. The molecule has 2 aliphatic rings. The quantitative estimate of drug-likeness (QED) is 0.912. The van der Waals surface area contributed by atoms with E-state index in [0.29, 0.717) is 5.41 Å². The minimum Gasteiger partial charge on any atom is -0.370 e. The highest BCUT2D eigenvalue weighted by molar-refractivity contribution is 5.44. The summed E-state index contributed by atoms with van der Waals surface area (Å²) >= 11 is 0. The summed E-state index contributed by atoms with van der Waals surface area (Å²) < 4.78 is 0. The van der Waals surface area contributed by atoms with E-state index in [0.717, 1.165) is 18.3 Å². The zero-order valence-corrected chi connectivity index (χ0v) is 11.7. The van der Waals surface area contributed by atoms with Crippen molar-refractivity contribution < 1.29 is 0 Å². The molecule has 0 saturated heterocycles. The van der Waals surface area contributed by atoms with Crippen LogP contribution in [-0.4, -0.2) is 11.5 Å². The zero-order valence-electron chi connectivity index (χ0n) is 11.7. The largest absolute Gasteiger partial charge is 0.370 e. The van der Waals surface area contributed by atoms with Gasteiger partial charge in [0.25, 0.3) is 0 Å². The molecule has 20 heavy (non-hydrogen) atoms. The Morgan fingerprint density at radius 2 is 2.05 bits per heavy atom. The second-order valence-corrected chi connectivity index (χ2v) is 6.16. The second-order valence-electron chi connectivity index (χ2n) is 6.16. The van der Waals surface area contributed by atoms with Crippen molar-refractivity contribution in [3.63, 3.8) is 0 Å². The van der Waals surface area contributed by atoms with E-state index in [-0.39, 0.29) is 0 Å². The number of aromatic nitrogens is 1. The number of rotatable bonds is 3. The summed E-state index contributed by atoms with van der Waals surface area (Å²) in [7, 11) is 0. The molecule has 2 unspecified atom stereocenters. The predicted octanol–water partition coefficient (Wildman–Crippen LogP) is 3.79. The molecule has 0 bridgehead atoms. The van der Waals surface area contributed by atoms with Gasteiger partial charge in [-0.25, -0.2) is 4.98 Å². The Labute approximate surface area is 120 Å². The third-order valence-electron chi connectivity index (χ3n) is 5.05. The number of hydrogen-bond acceptors (Lipinski definition) is 2. The molecule has 4 rings (SSSR count). The predicted molar refractivity (Wildman–Crippen MR) is 81.9 cm³/mol. The molecule has 1 aromatic heterocycles. The van der Waals surface area contributed by atoms with Crippen molar-refractivity contribution in [3.8, 4) is 0 Å². The van der Waals surface area contributed by atoms with Gasteiger partial charge in [0, 0.05) is 18.2 Å². The molecule has 2 nitrogen and oxygen atoms in total. The van der Waals surface area contributed by atoms with Crippen LogP contribution in [-0.2, 0) is 11.8 Å². The van der Waals surface area contributed by atoms with Gasteiger partial charge in [0.05, 0.1) is 0 Å². The lowest BCUT2D eigenvalue weighted by Crippen LogP contribution is -2.21. The summed E-state index contributed by atoms with van der Waals surface area (Å²) in [5, 5.41) is 3.50. The van der Waals surface area contributed by atoms with Gasteiger partial charge in [0.15, 0.2) is 0 Å². The van der Waals surface area contributed by atoms with Crippen LogP contribution in [0.4, 0.5) is 5.82 Å². The number of nitrogens with zero attached hydrogens (tertiary/aromatic N) is 1. The average molecular weight is 264 g/mol. The van der Waals surface area contributed by atoms with Crippen LogP contribution in [0, 0.1) is 5.92 Å². The number of nitrogens with one attached hydrogen (secondary N) is 1. The van der Waals surface area contributed by atoms with Gasteiger partial charge in [-0.3, -0.25) is 0 Å². The first-order chi connectivity index (χ1) is 9.88. The Kier molecular flexibility index (Phi) is 2.76. The van der Waals surface area contributed by atoms with Crippen molar-refractivity contribution >= 4 is 5.82 Å². The number of anilines is 1. The summed E-state index contributed by atoms with van der Waals surface area (Å²) in [4.78, 5) is 4.35. The normalized spacial score (nSPS) is 27.1. The van der Waals surface area contributed by atoms with Gasteiger partial charge in [-0.15, -0.1) is 0 Å². The third-order valence-corrected chi connectivity index (χ3v) is 5.05. The summed E-state index contributed by atoms with van der Waals surface area (Å²) in [6.07, 6.45) is 7.15. The maximum Gasteiger partial charge on any atom is 0.125 e. The molecule has 2 heteroatoms. The Morgan fingerprint density at radius 1 is 1.15 bits per heavy atom. The fourth-order valence-corrected chi connectivity index (χ4v) is 3.93. The lowest BCUT2D eigenvalue weighted by molar-refractivity contribution is 0.503. The van der Waals surface area contributed by atoms with Crippen LogP contribution in [0.1, 0.15) is 30.4 Å². The van der Waals surface area contributed by atoms with Crippen molar-refractivity contribution in [3.05, 3.63) is 59.8 Å². The maximum atomic E-state index is 4.35. The molecule has 1 N–H and O–H groups in total. The first-order valence-corrected chi connectivity index (χ1v) is 7.62. The lowest BCUT2D eigenvalue weighted by atomic mass is 9.78. The highest BCUT2D eigenvalue weighted by atomic mass is 15.0. The van der Waals surface area contributed by atoms with E-state index in [1.165, 1.54) is 25.7 Å². The fourth-order valence-electron chi connectivity index (χ4n) is 3.93. The molecule has 2 aliphatic carbocycles. The standard InChI is InChI=1S/C18H20N2/c1-2-8-16-14(6-1)7-5-10-18(16)12-15(18)13-20-17-9-3-4-11-19-17/h1-4,6,8-9,11,15H,5,7,10,12-13H2,(H,19,20). The fraction of sp³-hybridized carbons (Fsp3) is 0.389. The van der Waals surface area contributed by atoms with Crippen LogP contribution in [0.2, 0.25) is 0 Å². The zero-order chi connectivity index (χ0) is 13.4. The van der Waals surface area contributed by atoms with Crippen molar-refractivity contribution in [2.75, 3.05) is 11.9 Å². The topological polar surface area (TPSA) is 24.9 Å². The summed E-state index contributed by atoms with van der Waals surface area (Å²) in [6.45, 7) is 1.05. The summed E-state index contributed by atoms with van der Waals surface area (Å²) in [5.74, 6) is 1.77. The van der Waals surface area contributed by atoms with E-state index in [1.807, 2.05) is 24.4 Å². The molecule has 102 valence electrons. The van der Waals surface area contributed by atoms with Crippen LogP contribution < -0.4 is 5.32 Å². The molecule has 0 amide bonds. The lowest BCUT2D eigenvalue weighted by Gasteiger charge is -2.26. The number of pyridine rings is 1. The van der Waals surface area contributed by atoms with Crippen molar-refractivity contribution in [2.24, 2.45) is 5.92 Å². The van der Waals surface area contributed by atoms with E-state index in [2.05, 4.69) is 34.6 Å². The smallest absolute Gasteiger partial charge is 0.125 e. The molecular formula is C18H20N2. The van der Waals surface area contributed by atoms with Gasteiger partial charge in [-0.05, 0) is 54.9 Å². The van der Waals surface area contributed by atoms with E-state index in [9.17, 15) is 0 Å². The highest BCUT2D eigenvalue weighted by Gasteiger charge is 2.55. The molecule has 1 saturated carbocycles. The van der Waals surface area contributed by atoms with Gasteiger partial charge in [-0.2, -0.15) is 0 Å². The minimum atomic E-state index is 0.469. The van der Waals surface area contributed by atoms with Crippen molar-refractivity contribution in [1.82, 2.24) is 4.98 Å². The maximum absolute atomic E-state index is 4.35. The molecule has 1 aromatic carbocycles. The van der Waals surface area contributed by atoms with E-state index >= 15 is 0 Å². The third kappa shape index (κ3) is 1.91. The Bertz CT molecular complexity index is 608. The highest BCUT2D eigenvalue weighted by Crippen LogP contribution is 2.60. The van der Waals surface area contributed by atoms with Crippen LogP contribution in [0.5, 0.6) is 0 Å². The van der Waals surface area contributed by atoms with Crippen LogP contribution in [0.25, 0.3) is 0 Å². The molecule has 0 radical (unpaired) electrons. The van der Waals surface area contributed by atoms with Crippen LogP contribution in [0.3, 0.4) is 0 Å². The minimum absolute atomic E-state index is 0.469. The van der Waals surface area contributed by atoms with Gasteiger partial charge in [0.2, 0.25) is 0 Å². The molecule has 0 aliphatic heterocycles. The number of benzene rings is 1. The van der Waals surface area contributed by atoms with E-state index in [4.69, 9.17) is 0 Å². The monoisotopic (exact) mass is 264 g/mol. The van der Waals surface area contributed by atoms with Gasteiger partial charge in [-0.1, -0.05) is 30.3 Å². The average Bonchev–Trinajstić information content (AvgIpc) is 3.20. The molecule has 1 spiro atoms. The molecule has 1 heterocycles. The first kappa shape index (κ1) is 12.0. The van der Waals surface area contributed by atoms with Gasteiger partial charge < -0.3 is 5.32 Å². The molecule has 2 aromatic rings. The van der Waals surface area contributed by atoms with Gasteiger partial charge in [0.1, 0.15) is 5.82 Å². The summed E-state index contributed by atoms with van der Waals surface area (Å²) in [6, 6.07) is 15.1. The van der Waals surface area contributed by atoms with Crippen LogP contribution >= 0.6 is 0 Å². The molecule has 2 atom stereocenters. The SMILES string of the molecule is c1ccc(NCC2CC23CCCc2ccccc23)nc1. The Hall–Kier alpha value is -1.83. The summed E-state index contributed by atoms with van der Waals surface area (Å²) in [5.41, 5.74) is 3.68. The Balaban J connectivity index is 1.50. The van der Waals surface area contributed by atoms with E-state index in [1.54, 1.807) is 11.1 Å². The van der Waals surface area contributed by atoms with E-state index < -0.39 is 0 Å².